The molecule has 172 valence electrons. The average Bonchev–Trinajstić information content (AvgIpc) is 3.16. The third kappa shape index (κ3) is 4.16. The van der Waals surface area contributed by atoms with Crippen molar-refractivity contribution in [3.05, 3.63) is 59.2 Å². The van der Waals surface area contributed by atoms with Gasteiger partial charge < -0.3 is 15.7 Å². The zero-order valence-electron chi connectivity index (χ0n) is 17.5. The molecular weight excluding hydrogens is 453 g/mol. The van der Waals surface area contributed by atoms with Gasteiger partial charge in [-0.15, -0.1) is 0 Å². The minimum Gasteiger partial charge on any atom is -0.504 e. The Bertz CT molecular complexity index is 1380. The number of nitrogens with one attached hydrogen (secondary N) is 2. The van der Waals surface area contributed by atoms with Crippen LogP contribution in [0.5, 0.6) is 5.75 Å². The largest absolute Gasteiger partial charge is 0.504 e. The Hall–Kier alpha value is -3.80. The number of halogens is 1. The van der Waals surface area contributed by atoms with Crippen LogP contribution < -0.4 is 14.9 Å². The Morgan fingerprint density at radius 1 is 1.24 bits per heavy atom. The van der Waals surface area contributed by atoms with Crippen LogP contribution in [0.4, 0.5) is 10.2 Å². The molecule has 4 rings (SSSR count). The number of nitrogens with zero attached hydrogens (tertiary/aromatic N) is 3. The molecule has 0 aliphatic carbocycles. The third-order valence-electron chi connectivity index (χ3n) is 5.25. The summed E-state index contributed by atoms with van der Waals surface area (Å²) in [6.07, 6.45) is 1.81. The highest BCUT2D eigenvalue weighted by molar-refractivity contribution is 7.93. The highest BCUT2D eigenvalue weighted by atomic mass is 32.2. The summed E-state index contributed by atoms with van der Waals surface area (Å²) in [5.41, 5.74) is -0.00616. The van der Waals surface area contributed by atoms with Crippen molar-refractivity contribution in [2.45, 2.75) is 13.0 Å². The molecular formula is C21H20FN5O5S. The number of fused-ring (bicyclic) bond motifs is 1. The van der Waals surface area contributed by atoms with Gasteiger partial charge in [0.25, 0.3) is 11.8 Å². The quantitative estimate of drug-likeness (QED) is 0.507. The lowest BCUT2D eigenvalue weighted by Crippen LogP contribution is -2.29. The van der Waals surface area contributed by atoms with Gasteiger partial charge in [0.15, 0.2) is 17.3 Å². The number of hydrogen-bond donors (Lipinski definition) is 3. The Labute approximate surface area is 188 Å². The lowest BCUT2D eigenvalue weighted by molar-refractivity contribution is 0.0934. The monoisotopic (exact) mass is 473 g/mol. The molecule has 2 aromatic heterocycles. The number of aromatic nitrogens is 2. The Balaban J connectivity index is 1.71. The lowest BCUT2D eigenvalue weighted by atomic mass is 10.1. The maximum absolute atomic E-state index is 13.6. The van der Waals surface area contributed by atoms with Crippen molar-refractivity contribution in [2.24, 2.45) is 0 Å². The first-order valence-corrected chi connectivity index (χ1v) is 11.6. The molecule has 3 aromatic rings. The van der Waals surface area contributed by atoms with Crippen molar-refractivity contribution in [3.8, 4) is 5.75 Å². The molecule has 33 heavy (non-hydrogen) atoms. The summed E-state index contributed by atoms with van der Waals surface area (Å²) in [5, 5.41) is 15.9. The van der Waals surface area contributed by atoms with Crippen LogP contribution in [-0.2, 0) is 16.6 Å². The van der Waals surface area contributed by atoms with Gasteiger partial charge in [-0.25, -0.2) is 17.8 Å². The summed E-state index contributed by atoms with van der Waals surface area (Å²) >= 11 is 0. The van der Waals surface area contributed by atoms with Crippen molar-refractivity contribution in [3.63, 3.8) is 0 Å². The maximum atomic E-state index is 13.6. The first-order valence-electron chi connectivity index (χ1n) is 9.99. The standard InChI is InChI=1S/C21H20FN5O5S/c1-23-20(29)15-10-13(22)6-5-12(15)11-25-21(30)17-18(28)16-14(4-2-7-24-16)19(26-17)27-8-3-9-33(27,31)32/h2,4-7,10,28H,3,8-9,11H2,1H3,(H,23,29)(H,25,30). The number of rotatable bonds is 5. The molecule has 3 N–H and O–H groups in total. The van der Waals surface area contributed by atoms with Gasteiger partial charge >= 0.3 is 0 Å². The summed E-state index contributed by atoms with van der Waals surface area (Å²) in [6, 6.07) is 6.70. The van der Waals surface area contributed by atoms with Crippen molar-refractivity contribution < 1.29 is 27.5 Å². The molecule has 0 unspecified atom stereocenters. The predicted octanol–water partition coefficient (Wildman–Crippen LogP) is 1.30. The summed E-state index contributed by atoms with van der Waals surface area (Å²) in [7, 11) is -2.22. The molecule has 10 nitrogen and oxygen atoms in total. The predicted molar refractivity (Wildman–Crippen MR) is 118 cm³/mol. The van der Waals surface area contributed by atoms with Gasteiger partial charge in [0.05, 0.1) is 5.75 Å². The van der Waals surface area contributed by atoms with E-state index in [1.54, 1.807) is 12.1 Å². The topological polar surface area (TPSA) is 142 Å². The Morgan fingerprint density at radius 2 is 2.03 bits per heavy atom. The van der Waals surface area contributed by atoms with E-state index in [1.165, 1.54) is 19.3 Å². The summed E-state index contributed by atoms with van der Waals surface area (Å²) < 4.78 is 39.6. The summed E-state index contributed by atoms with van der Waals surface area (Å²) in [5.74, 6) is -2.51. The van der Waals surface area contributed by atoms with E-state index >= 15 is 0 Å². The Morgan fingerprint density at radius 3 is 2.73 bits per heavy atom. The second-order valence-electron chi connectivity index (χ2n) is 7.34. The van der Waals surface area contributed by atoms with Crippen LogP contribution in [0.3, 0.4) is 0 Å². The van der Waals surface area contributed by atoms with Gasteiger partial charge in [0.2, 0.25) is 10.0 Å². The first kappa shape index (κ1) is 22.4. The van der Waals surface area contributed by atoms with Crippen LogP contribution >= 0.6 is 0 Å². The van der Waals surface area contributed by atoms with Gasteiger partial charge in [-0.1, -0.05) is 6.07 Å². The summed E-state index contributed by atoms with van der Waals surface area (Å²) in [4.78, 5) is 33.2. The normalized spacial score (nSPS) is 14.9. The zero-order valence-corrected chi connectivity index (χ0v) is 18.3. The molecule has 0 radical (unpaired) electrons. The van der Waals surface area contributed by atoms with E-state index in [2.05, 4.69) is 20.6 Å². The fourth-order valence-electron chi connectivity index (χ4n) is 3.64. The highest BCUT2D eigenvalue weighted by Crippen LogP contribution is 2.35. The number of benzene rings is 1. The fraction of sp³-hybridized carbons (Fsp3) is 0.238. The van der Waals surface area contributed by atoms with E-state index in [9.17, 15) is 27.5 Å². The smallest absolute Gasteiger partial charge is 0.274 e. The highest BCUT2D eigenvalue weighted by Gasteiger charge is 2.33. The minimum absolute atomic E-state index is 0.00591. The molecule has 12 heteroatoms. The van der Waals surface area contributed by atoms with Crippen LogP contribution in [0.2, 0.25) is 0 Å². The fourth-order valence-corrected chi connectivity index (χ4v) is 5.16. The molecule has 1 aliphatic heterocycles. The molecule has 1 fully saturated rings. The SMILES string of the molecule is CNC(=O)c1cc(F)ccc1CNC(=O)c1nc(N2CCCS2(=O)=O)c2cccnc2c1O. The zero-order chi connectivity index (χ0) is 23.8. The molecule has 0 saturated carbocycles. The van der Waals surface area contributed by atoms with Crippen LogP contribution in [0.1, 0.15) is 32.8 Å². The Kier molecular flexibility index (Phi) is 5.85. The van der Waals surface area contributed by atoms with Gasteiger partial charge in [-0.3, -0.25) is 18.9 Å². The van der Waals surface area contributed by atoms with Crippen molar-refractivity contribution in [1.82, 2.24) is 20.6 Å². The van der Waals surface area contributed by atoms with E-state index in [4.69, 9.17) is 0 Å². The number of carbonyl (C=O) groups is 2. The van der Waals surface area contributed by atoms with E-state index in [0.717, 1.165) is 16.4 Å². The molecule has 1 aromatic carbocycles. The minimum atomic E-state index is -3.61. The molecule has 1 saturated heterocycles. The number of amides is 2. The van der Waals surface area contributed by atoms with Crippen LogP contribution in [0, 0.1) is 5.82 Å². The molecule has 2 amide bonds. The van der Waals surface area contributed by atoms with E-state index in [0.29, 0.717) is 12.0 Å². The number of carbonyl (C=O) groups excluding carboxylic acids is 2. The van der Waals surface area contributed by atoms with Gasteiger partial charge in [0, 0.05) is 37.3 Å². The average molecular weight is 473 g/mol. The van der Waals surface area contributed by atoms with Crippen molar-refractivity contribution in [2.75, 3.05) is 23.7 Å². The van der Waals surface area contributed by atoms with Crippen LogP contribution in [0.15, 0.2) is 36.5 Å². The molecule has 0 bridgehead atoms. The molecule has 3 heterocycles. The number of aromatic hydroxyl groups is 1. The first-order chi connectivity index (χ1) is 15.7. The number of anilines is 1. The van der Waals surface area contributed by atoms with Crippen molar-refractivity contribution in [1.29, 1.82) is 0 Å². The molecule has 0 spiro atoms. The van der Waals surface area contributed by atoms with Crippen LogP contribution in [0.25, 0.3) is 10.9 Å². The molecule has 1 aliphatic rings. The number of hydrogen-bond acceptors (Lipinski definition) is 7. The number of pyridine rings is 2. The van der Waals surface area contributed by atoms with E-state index < -0.39 is 39.1 Å². The third-order valence-corrected chi connectivity index (χ3v) is 7.08. The van der Waals surface area contributed by atoms with E-state index in [1.807, 2.05) is 0 Å². The summed E-state index contributed by atoms with van der Waals surface area (Å²) in [6.45, 7) is 0.0246. The van der Waals surface area contributed by atoms with Crippen molar-refractivity contribution >= 4 is 38.6 Å². The lowest BCUT2D eigenvalue weighted by Gasteiger charge is -2.19. The second kappa shape index (κ2) is 8.62. The molecule has 0 atom stereocenters. The van der Waals surface area contributed by atoms with Gasteiger partial charge in [-0.2, -0.15) is 0 Å². The number of sulfonamides is 1. The van der Waals surface area contributed by atoms with Crippen LogP contribution in [-0.4, -0.2) is 54.7 Å². The van der Waals surface area contributed by atoms with Gasteiger partial charge in [-0.05, 0) is 36.2 Å². The van der Waals surface area contributed by atoms with E-state index in [-0.39, 0.29) is 41.1 Å². The maximum Gasteiger partial charge on any atom is 0.274 e. The second-order valence-corrected chi connectivity index (χ2v) is 9.35. The van der Waals surface area contributed by atoms with Gasteiger partial charge in [0.1, 0.15) is 11.3 Å².